The topological polar surface area (TPSA) is 40.5 Å². The smallest absolute Gasteiger partial charge is 0.0542 e. The molecule has 0 aromatic rings. The molecule has 3 atom stereocenters. The molecule has 12 heavy (non-hydrogen) atoms. The quantitative estimate of drug-likeness (QED) is 0.665. The third-order valence-electron chi connectivity index (χ3n) is 2.46. The van der Waals surface area contributed by atoms with Gasteiger partial charge in [-0.1, -0.05) is 20.8 Å². The molecule has 0 rings (SSSR count). The van der Waals surface area contributed by atoms with Gasteiger partial charge in [0, 0.05) is 6.61 Å². The van der Waals surface area contributed by atoms with Gasteiger partial charge in [-0.2, -0.15) is 0 Å². The summed E-state index contributed by atoms with van der Waals surface area (Å²) >= 11 is 0. The summed E-state index contributed by atoms with van der Waals surface area (Å²) in [5.74, 6) is 1.10. The van der Waals surface area contributed by atoms with Crippen molar-refractivity contribution in [1.29, 1.82) is 0 Å². The molecule has 0 heterocycles. The highest BCUT2D eigenvalue weighted by Gasteiger charge is 2.20. The summed E-state index contributed by atoms with van der Waals surface area (Å²) in [5.41, 5.74) is 0. The summed E-state index contributed by atoms with van der Waals surface area (Å²) in [5, 5.41) is 18.3. The van der Waals surface area contributed by atoms with Gasteiger partial charge in [0.05, 0.1) is 6.10 Å². The van der Waals surface area contributed by atoms with Crippen LogP contribution in [0.2, 0.25) is 0 Å². The van der Waals surface area contributed by atoms with Crippen LogP contribution in [0.1, 0.15) is 34.1 Å². The van der Waals surface area contributed by atoms with Crippen molar-refractivity contribution in [3.63, 3.8) is 0 Å². The van der Waals surface area contributed by atoms with E-state index >= 15 is 0 Å². The summed E-state index contributed by atoms with van der Waals surface area (Å²) < 4.78 is 0. The molecule has 0 amide bonds. The monoisotopic (exact) mass is 174 g/mol. The van der Waals surface area contributed by atoms with Gasteiger partial charge < -0.3 is 10.2 Å². The lowest BCUT2D eigenvalue weighted by molar-refractivity contribution is 0.0728. The third kappa shape index (κ3) is 4.07. The number of rotatable bonds is 5. The second kappa shape index (κ2) is 5.55. The van der Waals surface area contributed by atoms with Gasteiger partial charge in [-0.25, -0.2) is 0 Å². The average Bonchev–Trinajstić information content (AvgIpc) is 1.98. The lowest BCUT2D eigenvalue weighted by Crippen LogP contribution is -2.25. The first kappa shape index (κ1) is 11.9. The van der Waals surface area contributed by atoms with Crippen molar-refractivity contribution in [3.05, 3.63) is 0 Å². The van der Waals surface area contributed by atoms with Crippen LogP contribution in [0.5, 0.6) is 0 Å². The van der Waals surface area contributed by atoms with Crippen molar-refractivity contribution in [2.75, 3.05) is 6.61 Å². The lowest BCUT2D eigenvalue weighted by Gasteiger charge is -2.25. The Kier molecular flexibility index (Phi) is 5.51. The number of aliphatic hydroxyl groups is 2. The van der Waals surface area contributed by atoms with Crippen LogP contribution in [0, 0.1) is 17.8 Å². The van der Waals surface area contributed by atoms with Gasteiger partial charge in [-0.3, -0.25) is 0 Å². The van der Waals surface area contributed by atoms with Crippen molar-refractivity contribution in [1.82, 2.24) is 0 Å². The van der Waals surface area contributed by atoms with E-state index in [1.165, 1.54) is 0 Å². The van der Waals surface area contributed by atoms with Crippen molar-refractivity contribution in [2.24, 2.45) is 17.8 Å². The molecule has 3 unspecified atom stereocenters. The zero-order valence-corrected chi connectivity index (χ0v) is 8.62. The molecular weight excluding hydrogens is 152 g/mol. The zero-order chi connectivity index (χ0) is 9.72. The Hall–Kier alpha value is -0.0800. The molecule has 0 aromatic carbocycles. The molecule has 0 fully saturated rings. The fourth-order valence-electron chi connectivity index (χ4n) is 1.57. The number of aliphatic hydroxyl groups excluding tert-OH is 2. The Morgan fingerprint density at radius 1 is 1.08 bits per heavy atom. The third-order valence-corrected chi connectivity index (χ3v) is 2.46. The van der Waals surface area contributed by atoms with Crippen LogP contribution < -0.4 is 0 Å². The lowest BCUT2D eigenvalue weighted by atomic mass is 9.84. The van der Waals surface area contributed by atoms with E-state index in [0.717, 1.165) is 6.42 Å². The molecule has 0 saturated heterocycles. The van der Waals surface area contributed by atoms with Crippen molar-refractivity contribution in [3.8, 4) is 0 Å². The van der Waals surface area contributed by atoms with Gasteiger partial charge in [0.25, 0.3) is 0 Å². The molecule has 74 valence electrons. The second-order valence-corrected chi connectivity index (χ2v) is 4.17. The van der Waals surface area contributed by atoms with Crippen molar-refractivity contribution < 1.29 is 10.2 Å². The van der Waals surface area contributed by atoms with Gasteiger partial charge in [0.1, 0.15) is 0 Å². The van der Waals surface area contributed by atoms with Crippen LogP contribution in [0.25, 0.3) is 0 Å². The first-order valence-electron chi connectivity index (χ1n) is 4.78. The molecule has 0 aliphatic rings. The molecule has 2 heteroatoms. The highest BCUT2D eigenvalue weighted by Crippen LogP contribution is 2.23. The van der Waals surface area contributed by atoms with Gasteiger partial charge >= 0.3 is 0 Å². The minimum atomic E-state index is -0.265. The summed E-state index contributed by atoms with van der Waals surface area (Å²) in [6, 6.07) is 0. The maximum absolute atomic E-state index is 9.45. The summed E-state index contributed by atoms with van der Waals surface area (Å²) in [7, 11) is 0. The van der Waals surface area contributed by atoms with E-state index in [4.69, 9.17) is 5.11 Å². The Bertz CT molecular complexity index is 102. The normalized spacial score (nSPS) is 19.2. The summed E-state index contributed by atoms with van der Waals surface area (Å²) in [6.45, 7) is 8.28. The van der Waals surface area contributed by atoms with Gasteiger partial charge in [-0.15, -0.1) is 0 Å². The maximum Gasteiger partial charge on any atom is 0.0542 e. The molecule has 2 nitrogen and oxygen atoms in total. The number of hydrogen-bond acceptors (Lipinski definition) is 2. The fraction of sp³-hybridized carbons (Fsp3) is 1.00. The molecule has 0 bridgehead atoms. The predicted octanol–water partition coefficient (Wildman–Crippen LogP) is 1.66. The molecule has 0 radical (unpaired) electrons. The highest BCUT2D eigenvalue weighted by atomic mass is 16.3. The van der Waals surface area contributed by atoms with E-state index in [2.05, 4.69) is 13.8 Å². The Morgan fingerprint density at radius 3 is 1.83 bits per heavy atom. The molecule has 0 saturated carbocycles. The predicted molar refractivity (Wildman–Crippen MR) is 50.9 cm³/mol. The second-order valence-electron chi connectivity index (χ2n) is 4.17. The van der Waals surface area contributed by atoms with Crippen LogP contribution in [0.4, 0.5) is 0 Å². The van der Waals surface area contributed by atoms with Crippen LogP contribution >= 0.6 is 0 Å². The van der Waals surface area contributed by atoms with Crippen LogP contribution in [0.15, 0.2) is 0 Å². The molecule has 0 aromatic heterocycles. The van der Waals surface area contributed by atoms with E-state index in [1.54, 1.807) is 0 Å². The zero-order valence-electron chi connectivity index (χ0n) is 8.62. The average molecular weight is 174 g/mol. The summed E-state index contributed by atoms with van der Waals surface area (Å²) in [4.78, 5) is 0. The minimum absolute atomic E-state index is 0.218. The van der Waals surface area contributed by atoms with Crippen molar-refractivity contribution in [2.45, 2.75) is 40.2 Å². The molecule has 0 spiro atoms. The molecule has 0 aliphatic carbocycles. The van der Waals surface area contributed by atoms with Crippen molar-refractivity contribution >= 4 is 0 Å². The largest absolute Gasteiger partial charge is 0.396 e. The Morgan fingerprint density at radius 2 is 1.58 bits per heavy atom. The van der Waals surface area contributed by atoms with E-state index in [-0.39, 0.29) is 12.7 Å². The van der Waals surface area contributed by atoms with E-state index in [1.807, 2.05) is 13.8 Å². The molecular formula is C10H22O2. The highest BCUT2D eigenvalue weighted by molar-refractivity contribution is 4.70. The first-order valence-corrected chi connectivity index (χ1v) is 4.78. The fourth-order valence-corrected chi connectivity index (χ4v) is 1.57. The standard InChI is InChI=1S/C10H22O2/c1-7(2)10(9(4)12)5-8(3)6-11/h7-12H,5-6H2,1-4H3. The van der Waals surface area contributed by atoms with E-state index in [9.17, 15) is 5.11 Å². The SMILES string of the molecule is CC(CO)CC(C(C)C)C(C)O. The number of hydrogen-bond donors (Lipinski definition) is 2. The van der Waals surface area contributed by atoms with Gasteiger partial charge in [0.2, 0.25) is 0 Å². The Labute approximate surface area is 75.6 Å². The van der Waals surface area contributed by atoms with E-state index in [0.29, 0.717) is 17.8 Å². The maximum atomic E-state index is 9.45. The van der Waals surface area contributed by atoms with Crippen LogP contribution in [-0.2, 0) is 0 Å². The van der Waals surface area contributed by atoms with Gasteiger partial charge in [-0.05, 0) is 31.1 Å². The Balaban J connectivity index is 3.95. The van der Waals surface area contributed by atoms with Crippen LogP contribution in [0.3, 0.4) is 0 Å². The molecule has 2 N–H and O–H groups in total. The minimum Gasteiger partial charge on any atom is -0.396 e. The molecule has 0 aliphatic heterocycles. The first-order chi connectivity index (χ1) is 5.49. The van der Waals surface area contributed by atoms with Crippen LogP contribution in [-0.4, -0.2) is 22.9 Å². The van der Waals surface area contributed by atoms with Gasteiger partial charge in [0.15, 0.2) is 0 Å². The van der Waals surface area contributed by atoms with E-state index < -0.39 is 0 Å². The summed E-state index contributed by atoms with van der Waals surface area (Å²) in [6.07, 6.45) is 0.644.